The molecule has 1 unspecified atom stereocenters. The molecule has 3 aromatic carbocycles. The summed E-state index contributed by atoms with van der Waals surface area (Å²) in [6.45, 7) is 0.769. The van der Waals surface area contributed by atoms with Gasteiger partial charge in [0.15, 0.2) is 6.79 Å². The molecule has 0 radical (unpaired) electrons. The molecule has 1 aliphatic heterocycles. The summed E-state index contributed by atoms with van der Waals surface area (Å²) in [4.78, 5) is 18.4. The van der Waals surface area contributed by atoms with Crippen LogP contribution in [0.25, 0.3) is 33.2 Å². The maximum Gasteiger partial charge on any atom is 0.308 e. The van der Waals surface area contributed by atoms with Crippen molar-refractivity contribution >= 4 is 22.6 Å². The predicted octanol–water partition coefficient (Wildman–Crippen LogP) is 6.00. The van der Waals surface area contributed by atoms with Gasteiger partial charge in [-0.25, -0.2) is 8.78 Å². The third-order valence-corrected chi connectivity index (χ3v) is 6.87. The molecule has 0 amide bonds. The normalized spacial score (nSPS) is 15.2. The lowest BCUT2D eigenvalue weighted by Crippen LogP contribution is -2.39. The van der Waals surface area contributed by atoms with E-state index in [0.29, 0.717) is 64.0 Å². The maximum atomic E-state index is 14.3. The van der Waals surface area contributed by atoms with E-state index in [9.17, 15) is 23.9 Å². The van der Waals surface area contributed by atoms with Gasteiger partial charge in [-0.3, -0.25) is 9.78 Å². The van der Waals surface area contributed by atoms with E-state index in [4.69, 9.17) is 9.47 Å². The number of aliphatic carboxylic acids is 1. The van der Waals surface area contributed by atoms with Crippen LogP contribution in [0.1, 0.15) is 18.4 Å². The predicted molar refractivity (Wildman–Crippen MR) is 142 cm³/mol. The molecule has 1 atom stereocenters. The second-order valence-electron chi connectivity index (χ2n) is 9.38. The number of carbonyl (C=O) groups is 1. The number of hydrogen-bond donors (Lipinski definition) is 1. The summed E-state index contributed by atoms with van der Waals surface area (Å²) in [5, 5.41) is 20.1. The van der Waals surface area contributed by atoms with E-state index >= 15 is 0 Å². The summed E-state index contributed by atoms with van der Waals surface area (Å²) in [5.74, 6) is -2.54. The van der Waals surface area contributed by atoms with Gasteiger partial charge in [0.1, 0.15) is 23.5 Å². The van der Waals surface area contributed by atoms with Crippen molar-refractivity contribution in [2.24, 2.45) is 5.92 Å². The molecule has 4 aromatic rings. The number of carboxylic acid groups (broad SMARTS) is 1. The van der Waals surface area contributed by atoms with E-state index < -0.39 is 23.5 Å². The first-order chi connectivity index (χ1) is 18.9. The summed E-state index contributed by atoms with van der Waals surface area (Å²) in [6, 6.07) is 16.2. The zero-order valence-electron chi connectivity index (χ0n) is 21.2. The Balaban J connectivity index is 1.75. The fourth-order valence-electron chi connectivity index (χ4n) is 5.11. The Labute approximate surface area is 223 Å². The highest BCUT2D eigenvalue weighted by Crippen LogP contribution is 2.42. The number of rotatable bonds is 7. The third-order valence-electron chi connectivity index (χ3n) is 6.87. The van der Waals surface area contributed by atoms with Gasteiger partial charge in [0.25, 0.3) is 0 Å². The second-order valence-corrected chi connectivity index (χ2v) is 9.38. The van der Waals surface area contributed by atoms with Crippen LogP contribution in [0.15, 0.2) is 60.8 Å². The fraction of sp³-hybridized carbons (Fsp3) is 0.233. The molecule has 0 aliphatic carbocycles. The van der Waals surface area contributed by atoms with Gasteiger partial charge >= 0.3 is 5.97 Å². The van der Waals surface area contributed by atoms with Crippen molar-refractivity contribution in [2.45, 2.75) is 12.8 Å². The number of piperidine rings is 1. The van der Waals surface area contributed by atoms with Crippen molar-refractivity contribution in [3.8, 4) is 34.1 Å². The monoisotopic (exact) mass is 529 g/mol. The molecule has 1 fully saturated rings. The van der Waals surface area contributed by atoms with E-state index in [2.05, 4.69) is 11.1 Å². The molecule has 0 spiro atoms. The Morgan fingerprint density at radius 1 is 1.13 bits per heavy atom. The molecular weight excluding hydrogens is 504 g/mol. The van der Waals surface area contributed by atoms with E-state index in [1.807, 2.05) is 29.2 Å². The molecule has 39 heavy (non-hydrogen) atoms. The van der Waals surface area contributed by atoms with Crippen molar-refractivity contribution in [1.29, 1.82) is 5.26 Å². The van der Waals surface area contributed by atoms with Gasteiger partial charge in [-0.15, -0.1) is 0 Å². The van der Waals surface area contributed by atoms with Crippen molar-refractivity contribution in [3.05, 3.63) is 78.0 Å². The van der Waals surface area contributed by atoms with Gasteiger partial charge < -0.3 is 19.5 Å². The number of ether oxygens (including phenoxy) is 2. The lowest BCUT2D eigenvalue weighted by atomic mass is 9.93. The van der Waals surface area contributed by atoms with Crippen LogP contribution in [0.2, 0.25) is 0 Å². The van der Waals surface area contributed by atoms with Crippen LogP contribution in [-0.2, 0) is 9.53 Å². The Bertz CT molecular complexity index is 1580. The molecule has 1 aromatic heterocycles. The average molecular weight is 530 g/mol. The quantitative estimate of drug-likeness (QED) is 0.293. The van der Waals surface area contributed by atoms with Crippen molar-refractivity contribution in [3.63, 3.8) is 0 Å². The molecule has 1 aliphatic rings. The van der Waals surface area contributed by atoms with Crippen LogP contribution in [-0.4, -0.2) is 43.1 Å². The molecule has 7 nitrogen and oxygen atoms in total. The third kappa shape index (κ3) is 5.24. The lowest BCUT2D eigenvalue weighted by Gasteiger charge is -2.34. The first kappa shape index (κ1) is 26.1. The zero-order valence-corrected chi connectivity index (χ0v) is 21.2. The number of para-hydroxylation sites is 1. The number of methoxy groups -OCH3 is 1. The van der Waals surface area contributed by atoms with E-state index in [1.165, 1.54) is 19.2 Å². The minimum absolute atomic E-state index is 0.0499. The number of halogens is 2. The standard InChI is InChI=1S/C30H25F2N3O4/c1-38-17-39-29-19(14-33)4-2-6-24(29)18-7-8-27-25(12-18)28(35-9-3-5-20(16-35)30(36)37)26(15-34-27)21-10-22(31)13-23(32)11-21/h2,4,6-8,10-13,15,20H,3,5,9,16-17H2,1H3,(H,36,37). The number of benzene rings is 3. The second kappa shape index (κ2) is 11.1. The summed E-state index contributed by atoms with van der Waals surface area (Å²) >= 11 is 0. The summed E-state index contributed by atoms with van der Waals surface area (Å²) in [5.41, 5.74) is 3.79. The minimum atomic E-state index is -0.884. The average Bonchev–Trinajstić information content (AvgIpc) is 2.94. The van der Waals surface area contributed by atoms with Gasteiger partial charge in [-0.05, 0) is 54.3 Å². The highest BCUT2D eigenvalue weighted by atomic mass is 19.1. The van der Waals surface area contributed by atoms with E-state index in [-0.39, 0.29) is 13.3 Å². The van der Waals surface area contributed by atoms with Gasteiger partial charge in [0.2, 0.25) is 0 Å². The minimum Gasteiger partial charge on any atom is -0.481 e. The molecule has 2 heterocycles. The lowest BCUT2D eigenvalue weighted by molar-refractivity contribution is -0.141. The van der Waals surface area contributed by atoms with Crippen molar-refractivity contribution < 1.29 is 28.2 Å². The van der Waals surface area contributed by atoms with Gasteiger partial charge in [-0.2, -0.15) is 5.26 Å². The molecular formula is C30H25F2N3O4. The first-order valence-corrected chi connectivity index (χ1v) is 12.4. The highest BCUT2D eigenvalue weighted by molar-refractivity contribution is 6.02. The Hall–Kier alpha value is -4.55. The molecule has 0 bridgehead atoms. The Morgan fingerprint density at radius 2 is 1.92 bits per heavy atom. The van der Waals surface area contributed by atoms with Crippen LogP contribution in [0, 0.1) is 28.9 Å². The van der Waals surface area contributed by atoms with E-state index in [0.717, 1.165) is 11.6 Å². The largest absolute Gasteiger partial charge is 0.481 e. The number of hydrogen-bond acceptors (Lipinski definition) is 6. The summed E-state index contributed by atoms with van der Waals surface area (Å²) in [6.07, 6.45) is 2.77. The number of pyridine rings is 1. The molecule has 1 N–H and O–H groups in total. The number of aromatic nitrogens is 1. The molecule has 198 valence electrons. The van der Waals surface area contributed by atoms with Gasteiger partial charge in [0, 0.05) is 49.0 Å². The van der Waals surface area contributed by atoms with Gasteiger partial charge in [-0.1, -0.05) is 18.2 Å². The topological polar surface area (TPSA) is 95.7 Å². The molecule has 9 heteroatoms. The van der Waals surface area contributed by atoms with Crippen molar-refractivity contribution in [2.75, 3.05) is 31.9 Å². The zero-order chi connectivity index (χ0) is 27.5. The van der Waals surface area contributed by atoms with Gasteiger partial charge in [0.05, 0.1) is 22.7 Å². The number of anilines is 1. The fourth-order valence-corrected chi connectivity index (χ4v) is 5.11. The van der Waals surface area contributed by atoms with Crippen LogP contribution < -0.4 is 9.64 Å². The molecule has 0 saturated carbocycles. The number of carboxylic acids is 1. The first-order valence-electron chi connectivity index (χ1n) is 12.4. The van der Waals surface area contributed by atoms with Crippen molar-refractivity contribution in [1.82, 2.24) is 4.98 Å². The Morgan fingerprint density at radius 3 is 2.64 bits per heavy atom. The van der Waals surface area contributed by atoms with Crippen LogP contribution in [0.4, 0.5) is 14.5 Å². The highest BCUT2D eigenvalue weighted by Gasteiger charge is 2.28. The number of fused-ring (bicyclic) bond motifs is 1. The van der Waals surface area contributed by atoms with Crippen LogP contribution in [0.3, 0.4) is 0 Å². The summed E-state index contributed by atoms with van der Waals surface area (Å²) in [7, 11) is 1.49. The number of nitrogens with zero attached hydrogens (tertiary/aromatic N) is 3. The summed E-state index contributed by atoms with van der Waals surface area (Å²) < 4.78 is 39.4. The Kier molecular flexibility index (Phi) is 7.39. The van der Waals surface area contributed by atoms with Crippen LogP contribution in [0.5, 0.6) is 5.75 Å². The molecule has 5 rings (SSSR count). The SMILES string of the molecule is COCOc1c(C#N)cccc1-c1ccc2ncc(-c3cc(F)cc(F)c3)c(N3CCCC(C(=O)O)C3)c2c1. The molecule has 1 saturated heterocycles. The van der Waals surface area contributed by atoms with Crippen LogP contribution >= 0.6 is 0 Å². The number of nitriles is 1. The maximum absolute atomic E-state index is 14.3. The smallest absolute Gasteiger partial charge is 0.308 e. The van der Waals surface area contributed by atoms with E-state index in [1.54, 1.807) is 18.3 Å².